The van der Waals surface area contributed by atoms with Gasteiger partial charge in [-0.05, 0) is 56.0 Å². The second-order valence-corrected chi connectivity index (χ2v) is 9.48. The molecule has 0 aliphatic carbocycles. The Morgan fingerprint density at radius 3 is 2.46 bits per heavy atom. The average Bonchev–Trinajstić information content (AvgIpc) is 3.19. The molecule has 2 saturated heterocycles. The molecule has 1 atom stereocenters. The van der Waals surface area contributed by atoms with Crippen LogP contribution in [0.2, 0.25) is 0 Å². The molecule has 1 aromatic carbocycles. The molecule has 0 amide bonds. The number of hydrogen-bond acceptors (Lipinski definition) is 5. The van der Waals surface area contributed by atoms with Crippen molar-refractivity contribution in [3.63, 3.8) is 0 Å². The van der Waals surface area contributed by atoms with E-state index in [1.165, 1.54) is 0 Å². The number of aromatic nitrogens is 1. The minimum absolute atomic E-state index is 0.155. The molecule has 28 heavy (non-hydrogen) atoms. The third kappa shape index (κ3) is 3.66. The lowest BCUT2D eigenvalue weighted by Crippen LogP contribution is -2.37. The van der Waals surface area contributed by atoms with E-state index >= 15 is 0 Å². The van der Waals surface area contributed by atoms with Crippen molar-refractivity contribution in [2.24, 2.45) is 0 Å². The fourth-order valence-electron chi connectivity index (χ4n) is 4.05. The predicted molar refractivity (Wildman–Crippen MR) is 109 cm³/mol. The van der Waals surface area contributed by atoms with E-state index in [1.807, 2.05) is 25.3 Å². The lowest BCUT2D eigenvalue weighted by Gasteiger charge is -2.29. The molecule has 2 aliphatic heterocycles. The molecule has 0 radical (unpaired) electrons. The van der Waals surface area contributed by atoms with Crippen LogP contribution < -0.4 is 4.90 Å². The topological polar surface area (TPSA) is 62.7 Å². The van der Waals surface area contributed by atoms with Gasteiger partial charge >= 0.3 is 0 Å². The smallest absolute Gasteiger partial charge is 0.243 e. The van der Waals surface area contributed by atoms with Crippen LogP contribution in [0.4, 0.5) is 5.82 Å². The molecule has 6 nitrogen and oxygen atoms in total. The van der Waals surface area contributed by atoms with Crippen molar-refractivity contribution in [3.8, 4) is 0 Å². The number of ether oxygens (including phenoxy) is 1. The van der Waals surface area contributed by atoms with Crippen LogP contribution in [0.1, 0.15) is 35.6 Å². The molecule has 3 heterocycles. The number of benzene rings is 1. The summed E-state index contributed by atoms with van der Waals surface area (Å²) in [6.45, 7) is 7.66. The summed E-state index contributed by atoms with van der Waals surface area (Å²) in [5.41, 5.74) is 3.15. The van der Waals surface area contributed by atoms with Gasteiger partial charge in [-0.25, -0.2) is 13.4 Å². The lowest BCUT2D eigenvalue weighted by molar-refractivity contribution is 0.122. The fourth-order valence-corrected chi connectivity index (χ4v) is 5.72. The van der Waals surface area contributed by atoms with Crippen molar-refractivity contribution in [2.75, 3.05) is 37.7 Å². The number of morpholine rings is 1. The van der Waals surface area contributed by atoms with Gasteiger partial charge in [0.25, 0.3) is 0 Å². The summed E-state index contributed by atoms with van der Waals surface area (Å²) in [7, 11) is -3.52. The molecule has 0 spiro atoms. The zero-order valence-electron chi connectivity index (χ0n) is 16.5. The van der Waals surface area contributed by atoms with Crippen molar-refractivity contribution in [1.29, 1.82) is 0 Å². The predicted octanol–water partition coefficient (Wildman–Crippen LogP) is 3.06. The highest BCUT2D eigenvalue weighted by Crippen LogP contribution is 2.38. The third-order valence-corrected chi connectivity index (χ3v) is 7.58. The maximum absolute atomic E-state index is 13.2. The Morgan fingerprint density at radius 1 is 1.07 bits per heavy atom. The third-order valence-electron chi connectivity index (χ3n) is 5.66. The van der Waals surface area contributed by atoms with Crippen LogP contribution in [0.15, 0.2) is 41.4 Å². The highest BCUT2D eigenvalue weighted by Gasteiger charge is 2.37. The molecule has 0 N–H and O–H groups in total. The maximum atomic E-state index is 13.2. The number of nitrogens with zero attached hydrogens (tertiary/aromatic N) is 3. The first-order valence-corrected chi connectivity index (χ1v) is 11.3. The van der Waals surface area contributed by atoms with Gasteiger partial charge in [0.05, 0.1) is 24.2 Å². The Morgan fingerprint density at radius 2 is 1.79 bits per heavy atom. The summed E-state index contributed by atoms with van der Waals surface area (Å²) in [6, 6.07) is 9.02. The van der Waals surface area contributed by atoms with E-state index in [9.17, 15) is 8.42 Å². The van der Waals surface area contributed by atoms with E-state index in [1.54, 1.807) is 16.4 Å². The van der Waals surface area contributed by atoms with Crippen molar-refractivity contribution < 1.29 is 13.2 Å². The van der Waals surface area contributed by atoms with Crippen LogP contribution in [0.5, 0.6) is 0 Å². The van der Waals surface area contributed by atoms with Crippen LogP contribution in [0.3, 0.4) is 0 Å². The molecule has 2 fully saturated rings. The summed E-state index contributed by atoms with van der Waals surface area (Å²) in [4.78, 5) is 7.24. The largest absolute Gasteiger partial charge is 0.378 e. The quantitative estimate of drug-likeness (QED) is 0.788. The van der Waals surface area contributed by atoms with E-state index in [2.05, 4.69) is 22.9 Å². The van der Waals surface area contributed by atoms with Crippen molar-refractivity contribution in [2.45, 2.75) is 37.6 Å². The van der Waals surface area contributed by atoms with E-state index < -0.39 is 10.0 Å². The SMILES string of the molecule is Cc1ccc(S(=O)(=O)N2CCCC2c2cnc(N3CCOCC3)cc2C)cc1. The van der Waals surface area contributed by atoms with E-state index in [0.29, 0.717) is 24.7 Å². The standard InChI is InChI=1S/C21H27N3O3S/c1-16-5-7-18(8-6-16)28(25,26)24-9-3-4-20(24)19-15-22-21(14-17(19)2)23-10-12-27-13-11-23/h5-8,14-15,20H,3-4,9-13H2,1-2H3. The Hall–Kier alpha value is -1.96. The molecule has 0 bridgehead atoms. The summed E-state index contributed by atoms with van der Waals surface area (Å²) < 4.78 is 33.5. The molecule has 1 unspecified atom stereocenters. The molecule has 1 aromatic heterocycles. The van der Waals surface area contributed by atoms with Gasteiger partial charge in [0.2, 0.25) is 10.0 Å². The van der Waals surface area contributed by atoms with Crippen molar-refractivity contribution >= 4 is 15.8 Å². The van der Waals surface area contributed by atoms with Crippen LogP contribution >= 0.6 is 0 Å². The molecule has 2 aromatic rings. The van der Waals surface area contributed by atoms with E-state index in [4.69, 9.17) is 4.74 Å². The van der Waals surface area contributed by atoms with E-state index in [0.717, 1.165) is 48.4 Å². The zero-order valence-corrected chi connectivity index (χ0v) is 17.3. The van der Waals surface area contributed by atoms with Gasteiger partial charge in [-0.1, -0.05) is 17.7 Å². The number of aryl methyl sites for hydroxylation is 2. The van der Waals surface area contributed by atoms with Crippen LogP contribution in [-0.2, 0) is 14.8 Å². The van der Waals surface area contributed by atoms with Crippen LogP contribution in [0, 0.1) is 13.8 Å². The second kappa shape index (κ2) is 7.81. The molecular weight excluding hydrogens is 374 g/mol. The first-order chi connectivity index (χ1) is 13.5. The summed E-state index contributed by atoms with van der Waals surface area (Å²) in [5.74, 6) is 0.940. The highest BCUT2D eigenvalue weighted by atomic mass is 32.2. The van der Waals surface area contributed by atoms with Crippen LogP contribution in [-0.4, -0.2) is 50.6 Å². The van der Waals surface area contributed by atoms with E-state index in [-0.39, 0.29) is 6.04 Å². The van der Waals surface area contributed by atoms with Gasteiger partial charge in [-0.3, -0.25) is 0 Å². The number of pyridine rings is 1. The molecule has 7 heteroatoms. The number of hydrogen-bond donors (Lipinski definition) is 0. The normalized spacial score (nSPS) is 21.2. The maximum Gasteiger partial charge on any atom is 0.243 e. The molecule has 4 rings (SSSR count). The molecule has 2 aliphatic rings. The minimum atomic E-state index is -3.52. The van der Waals surface area contributed by atoms with Gasteiger partial charge in [0.1, 0.15) is 5.82 Å². The summed E-state index contributed by atoms with van der Waals surface area (Å²) in [5, 5.41) is 0. The summed E-state index contributed by atoms with van der Waals surface area (Å²) >= 11 is 0. The Bertz CT molecular complexity index is 938. The van der Waals surface area contributed by atoms with Gasteiger partial charge in [0, 0.05) is 25.8 Å². The van der Waals surface area contributed by atoms with Gasteiger partial charge < -0.3 is 9.64 Å². The Balaban J connectivity index is 1.62. The van der Waals surface area contributed by atoms with Gasteiger partial charge in [0.15, 0.2) is 0 Å². The first-order valence-electron chi connectivity index (χ1n) is 9.84. The van der Waals surface area contributed by atoms with Crippen molar-refractivity contribution in [3.05, 3.63) is 53.2 Å². The van der Waals surface area contributed by atoms with Gasteiger partial charge in [-0.15, -0.1) is 0 Å². The minimum Gasteiger partial charge on any atom is -0.378 e. The molecule has 150 valence electrons. The molecule has 0 saturated carbocycles. The Labute approximate surface area is 167 Å². The highest BCUT2D eigenvalue weighted by molar-refractivity contribution is 7.89. The van der Waals surface area contributed by atoms with Crippen LogP contribution in [0.25, 0.3) is 0 Å². The van der Waals surface area contributed by atoms with Crippen molar-refractivity contribution in [1.82, 2.24) is 9.29 Å². The molecular formula is C21H27N3O3S. The zero-order chi connectivity index (χ0) is 19.7. The summed E-state index contributed by atoms with van der Waals surface area (Å²) in [6.07, 6.45) is 3.55. The van der Waals surface area contributed by atoms with Gasteiger partial charge in [-0.2, -0.15) is 4.31 Å². The number of anilines is 1. The average molecular weight is 402 g/mol. The monoisotopic (exact) mass is 401 g/mol. The first kappa shape index (κ1) is 19.4. The number of sulfonamides is 1. The second-order valence-electron chi connectivity index (χ2n) is 7.59. The number of rotatable bonds is 4. The Kier molecular flexibility index (Phi) is 5.40. The lowest BCUT2D eigenvalue weighted by atomic mass is 10.0. The fraction of sp³-hybridized carbons (Fsp3) is 0.476.